The summed E-state index contributed by atoms with van der Waals surface area (Å²) in [5.41, 5.74) is 5.73. The van der Waals surface area contributed by atoms with E-state index in [0.717, 1.165) is 19.3 Å². The molecule has 1 unspecified atom stereocenters. The maximum atomic E-state index is 12.8. The van der Waals surface area contributed by atoms with Gasteiger partial charge in [-0.15, -0.1) is 0 Å². The van der Waals surface area contributed by atoms with Crippen LogP contribution < -0.4 is 15.2 Å². The molecule has 0 aromatic heterocycles. The second-order valence-corrected chi connectivity index (χ2v) is 7.20. The lowest BCUT2D eigenvalue weighted by Crippen LogP contribution is -2.47. The van der Waals surface area contributed by atoms with Gasteiger partial charge in [-0.05, 0) is 25.0 Å². The number of piperidine rings is 1. The van der Waals surface area contributed by atoms with Gasteiger partial charge in [0.2, 0.25) is 10.0 Å². The van der Waals surface area contributed by atoms with E-state index in [0.29, 0.717) is 37.8 Å². The first kappa shape index (κ1) is 14.6. The van der Waals surface area contributed by atoms with Gasteiger partial charge in [-0.3, -0.25) is 0 Å². The molecule has 1 saturated heterocycles. The van der Waals surface area contributed by atoms with Gasteiger partial charge in [0.25, 0.3) is 0 Å². The van der Waals surface area contributed by atoms with Crippen LogP contribution in [-0.2, 0) is 10.0 Å². The summed E-state index contributed by atoms with van der Waals surface area (Å²) in [5.74, 6) is 1.08. The van der Waals surface area contributed by atoms with Crippen molar-refractivity contribution in [3.63, 3.8) is 0 Å². The minimum Gasteiger partial charge on any atom is -0.486 e. The normalized spacial score (nSPS) is 23.0. The number of rotatable bonds is 3. The quantitative estimate of drug-likeness (QED) is 0.899. The highest BCUT2D eigenvalue weighted by Gasteiger charge is 2.33. The largest absolute Gasteiger partial charge is 0.486 e. The first-order chi connectivity index (χ1) is 10.1. The smallest absolute Gasteiger partial charge is 0.243 e. The lowest BCUT2D eigenvalue weighted by Gasteiger charge is -2.34. The Morgan fingerprint density at radius 1 is 1.19 bits per heavy atom. The topological polar surface area (TPSA) is 81.9 Å². The number of hydrogen-bond acceptors (Lipinski definition) is 5. The highest BCUT2D eigenvalue weighted by Crippen LogP contribution is 2.34. The molecule has 2 heterocycles. The third kappa shape index (κ3) is 2.73. The summed E-state index contributed by atoms with van der Waals surface area (Å²) in [6.45, 7) is 1.80. The summed E-state index contributed by atoms with van der Waals surface area (Å²) >= 11 is 0. The Labute approximate surface area is 124 Å². The molecule has 2 N–H and O–H groups in total. The van der Waals surface area contributed by atoms with Crippen LogP contribution in [-0.4, -0.2) is 45.1 Å². The minimum absolute atomic E-state index is 0.114. The molecular weight excluding hydrogens is 292 g/mol. The van der Waals surface area contributed by atoms with E-state index in [4.69, 9.17) is 15.2 Å². The van der Waals surface area contributed by atoms with Gasteiger partial charge in [0.1, 0.15) is 13.2 Å². The van der Waals surface area contributed by atoms with Gasteiger partial charge >= 0.3 is 0 Å². The molecule has 0 spiro atoms. The Morgan fingerprint density at radius 2 is 1.95 bits per heavy atom. The van der Waals surface area contributed by atoms with Gasteiger partial charge in [-0.2, -0.15) is 4.31 Å². The van der Waals surface area contributed by atoms with E-state index in [1.165, 1.54) is 4.31 Å². The highest BCUT2D eigenvalue weighted by molar-refractivity contribution is 7.89. The molecule has 116 valence electrons. The molecule has 0 aliphatic carbocycles. The Kier molecular flexibility index (Phi) is 4.05. The SMILES string of the molecule is NCC1CCCCN1S(=O)(=O)c1ccc2c(c1)OCCO2. The molecule has 6 nitrogen and oxygen atoms in total. The van der Waals surface area contributed by atoms with Crippen LogP contribution in [0.1, 0.15) is 19.3 Å². The molecule has 7 heteroatoms. The summed E-state index contributed by atoms with van der Waals surface area (Å²) in [6, 6.07) is 4.66. The van der Waals surface area contributed by atoms with Crippen LogP contribution in [0.2, 0.25) is 0 Å². The predicted octanol–water partition coefficient (Wildman–Crippen LogP) is 0.960. The Hall–Kier alpha value is -1.31. The van der Waals surface area contributed by atoms with Crippen LogP contribution in [0.5, 0.6) is 11.5 Å². The van der Waals surface area contributed by atoms with Crippen molar-refractivity contribution < 1.29 is 17.9 Å². The van der Waals surface area contributed by atoms with E-state index in [2.05, 4.69) is 0 Å². The van der Waals surface area contributed by atoms with Crippen molar-refractivity contribution in [3.8, 4) is 11.5 Å². The van der Waals surface area contributed by atoms with E-state index in [9.17, 15) is 8.42 Å². The molecule has 0 saturated carbocycles. The second kappa shape index (κ2) is 5.82. The van der Waals surface area contributed by atoms with Gasteiger partial charge in [0.15, 0.2) is 11.5 Å². The summed E-state index contributed by atoms with van der Waals surface area (Å²) in [5, 5.41) is 0. The first-order valence-electron chi connectivity index (χ1n) is 7.24. The first-order valence-corrected chi connectivity index (χ1v) is 8.68. The molecule has 2 aliphatic heterocycles. The fourth-order valence-corrected chi connectivity index (χ4v) is 4.57. The lowest BCUT2D eigenvalue weighted by molar-refractivity contribution is 0.171. The van der Waals surface area contributed by atoms with Gasteiger partial charge < -0.3 is 15.2 Å². The molecule has 21 heavy (non-hydrogen) atoms. The van der Waals surface area contributed by atoms with Crippen molar-refractivity contribution in [2.24, 2.45) is 5.73 Å². The zero-order valence-corrected chi connectivity index (χ0v) is 12.6. The van der Waals surface area contributed by atoms with Crippen molar-refractivity contribution in [1.29, 1.82) is 0 Å². The van der Waals surface area contributed by atoms with E-state index in [-0.39, 0.29) is 10.9 Å². The number of nitrogens with two attached hydrogens (primary N) is 1. The molecule has 1 fully saturated rings. The number of fused-ring (bicyclic) bond motifs is 1. The van der Waals surface area contributed by atoms with Crippen molar-refractivity contribution in [1.82, 2.24) is 4.31 Å². The Morgan fingerprint density at radius 3 is 2.71 bits per heavy atom. The zero-order chi connectivity index (χ0) is 14.9. The van der Waals surface area contributed by atoms with E-state index in [1.807, 2.05) is 0 Å². The Bertz CT molecular complexity index is 617. The van der Waals surface area contributed by atoms with Crippen LogP contribution in [0.3, 0.4) is 0 Å². The van der Waals surface area contributed by atoms with E-state index < -0.39 is 10.0 Å². The fraction of sp³-hybridized carbons (Fsp3) is 0.571. The minimum atomic E-state index is -3.54. The third-order valence-electron chi connectivity index (χ3n) is 3.97. The van der Waals surface area contributed by atoms with Crippen LogP contribution in [0.15, 0.2) is 23.1 Å². The third-order valence-corrected chi connectivity index (χ3v) is 5.91. The molecule has 1 aromatic rings. The Balaban J connectivity index is 1.94. The summed E-state index contributed by atoms with van der Waals surface area (Å²) in [4.78, 5) is 0.243. The maximum absolute atomic E-state index is 12.8. The number of nitrogens with zero attached hydrogens (tertiary/aromatic N) is 1. The highest BCUT2D eigenvalue weighted by atomic mass is 32.2. The number of ether oxygens (including phenoxy) is 2. The number of sulfonamides is 1. The van der Waals surface area contributed by atoms with Crippen LogP contribution in [0, 0.1) is 0 Å². The van der Waals surface area contributed by atoms with Gasteiger partial charge in [-0.25, -0.2) is 8.42 Å². The molecule has 1 aromatic carbocycles. The van der Waals surface area contributed by atoms with Crippen molar-refractivity contribution in [3.05, 3.63) is 18.2 Å². The van der Waals surface area contributed by atoms with Crippen LogP contribution in [0.4, 0.5) is 0 Å². The average Bonchev–Trinajstić information content (AvgIpc) is 2.54. The molecular formula is C14H20N2O4S. The molecule has 0 amide bonds. The standard InChI is InChI=1S/C14H20N2O4S/c15-10-11-3-1-2-6-16(11)21(17,18)12-4-5-13-14(9-12)20-8-7-19-13/h4-5,9,11H,1-3,6-8,10,15H2. The average molecular weight is 312 g/mol. The summed E-state index contributed by atoms with van der Waals surface area (Å²) in [7, 11) is -3.54. The molecule has 0 bridgehead atoms. The van der Waals surface area contributed by atoms with Gasteiger partial charge in [0.05, 0.1) is 4.90 Å². The number of hydrogen-bond donors (Lipinski definition) is 1. The van der Waals surface area contributed by atoms with Crippen molar-refractivity contribution in [2.75, 3.05) is 26.3 Å². The van der Waals surface area contributed by atoms with Crippen LogP contribution >= 0.6 is 0 Å². The number of benzene rings is 1. The van der Waals surface area contributed by atoms with E-state index in [1.54, 1.807) is 18.2 Å². The summed E-state index contributed by atoms with van der Waals surface area (Å²) < 4.78 is 38.1. The lowest BCUT2D eigenvalue weighted by atomic mass is 10.1. The maximum Gasteiger partial charge on any atom is 0.243 e. The fourth-order valence-electron chi connectivity index (χ4n) is 2.85. The van der Waals surface area contributed by atoms with Crippen molar-refractivity contribution in [2.45, 2.75) is 30.2 Å². The second-order valence-electron chi connectivity index (χ2n) is 5.31. The molecule has 0 radical (unpaired) electrons. The molecule has 2 aliphatic rings. The van der Waals surface area contributed by atoms with Gasteiger partial charge in [-0.1, -0.05) is 6.42 Å². The van der Waals surface area contributed by atoms with Crippen molar-refractivity contribution >= 4 is 10.0 Å². The molecule has 1 atom stereocenters. The van der Waals surface area contributed by atoms with E-state index >= 15 is 0 Å². The summed E-state index contributed by atoms with van der Waals surface area (Å²) in [6.07, 6.45) is 2.72. The monoisotopic (exact) mass is 312 g/mol. The van der Waals surface area contributed by atoms with Gasteiger partial charge in [0, 0.05) is 25.2 Å². The molecule has 3 rings (SSSR count). The zero-order valence-electron chi connectivity index (χ0n) is 11.8. The van der Waals surface area contributed by atoms with Crippen LogP contribution in [0.25, 0.3) is 0 Å². The predicted molar refractivity (Wildman–Crippen MR) is 78.0 cm³/mol.